The van der Waals surface area contributed by atoms with Gasteiger partial charge >= 0.3 is 0 Å². The van der Waals surface area contributed by atoms with E-state index in [2.05, 4.69) is 5.32 Å². The Morgan fingerprint density at radius 2 is 1.48 bits per heavy atom. The maximum atomic E-state index is 12.3. The van der Waals surface area contributed by atoms with Crippen LogP contribution in [0.5, 0.6) is 0 Å². The molecule has 0 bridgehead atoms. The van der Waals surface area contributed by atoms with Crippen molar-refractivity contribution in [1.29, 1.82) is 0 Å². The summed E-state index contributed by atoms with van der Waals surface area (Å²) >= 11 is 0. The number of sulfone groups is 1. The highest BCUT2D eigenvalue weighted by molar-refractivity contribution is 7.91. The van der Waals surface area contributed by atoms with Crippen molar-refractivity contribution in [3.05, 3.63) is 65.2 Å². The van der Waals surface area contributed by atoms with Gasteiger partial charge in [-0.1, -0.05) is 54.4 Å². The van der Waals surface area contributed by atoms with Crippen molar-refractivity contribution < 1.29 is 13.2 Å². The van der Waals surface area contributed by atoms with Crippen LogP contribution in [0.3, 0.4) is 0 Å². The molecule has 0 aliphatic carbocycles. The zero-order valence-corrected chi connectivity index (χ0v) is 15.8. The zero-order chi connectivity index (χ0) is 18.4. The lowest BCUT2D eigenvalue weighted by Crippen LogP contribution is -2.29. The van der Waals surface area contributed by atoms with Crippen LogP contribution in [0.15, 0.2) is 53.4 Å². The Bertz CT molecular complexity index is 809. The molecule has 0 aliphatic rings. The van der Waals surface area contributed by atoms with Gasteiger partial charge in [0, 0.05) is 6.42 Å². The lowest BCUT2D eigenvalue weighted by atomic mass is 10.0. The molecule has 2 rings (SSSR count). The Hall–Kier alpha value is -2.14. The molecule has 1 N–H and O–H groups in total. The summed E-state index contributed by atoms with van der Waals surface area (Å²) in [4.78, 5) is 12.5. The van der Waals surface area contributed by atoms with Gasteiger partial charge in [-0.2, -0.15) is 0 Å². The summed E-state index contributed by atoms with van der Waals surface area (Å²) in [6, 6.07) is 14.6. The topological polar surface area (TPSA) is 63.2 Å². The number of carbonyl (C=O) groups excluding carboxylic acids is 1. The third kappa shape index (κ3) is 5.43. The molecule has 0 spiro atoms. The molecule has 5 heteroatoms. The lowest BCUT2D eigenvalue weighted by molar-refractivity contribution is -0.121. The number of aryl methyl sites for hydroxylation is 2. The maximum absolute atomic E-state index is 12.3. The van der Waals surface area contributed by atoms with E-state index < -0.39 is 9.84 Å². The van der Waals surface area contributed by atoms with E-state index in [4.69, 9.17) is 0 Å². The maximum Gasteiger partial charge on any atom is 0.221 e. The molecule has 1 amide bonds. The molecule has 0 aromatic heterocycles. The van der Waals surface area contributed by atoms with Crippen LogP contribution in [0.2, 0.25) is 0 Å². The van der Waals surface area contributed by atoms with Crippen molar-refractivity contribution in [2.24, 2.45) is 0 Å². The van der Waals surface area contributed by atoms with Crippen molar-refractivity contribution in [2.75, 3.05) is 5.75 Å². The number of rotatable bonds is 7. The first-order valence-corrected chi connectivity index (χ1v) is 10.1. The van der Waals surface area contributed by atoms with Crippen LogP contribution >= 0.6 is 0 Å². The molecule has 0 saturated heterocycles. The molecule has 1 unspecified atom stereocenters. The Labute approximate surface area is 150 Å². The number of nitrogens with one attached hydrogen (secondary N) is 1. The van der Waals surface area contributed by atoms with Gasteiger partial charge in [-0.05, 0) is 38.0 Å². The molecule has 0 heterocycles. The molecular formula is C20H25NO3S. The van der Waals surface area contributed by atoms with E-state index >= 15 is 0 Å². The van der Waals surface area contributed by atoms with Crippen molar-refractivity contribution >= 4 is 15.7 Å². The fourth-order valence-electron chi connectivity index (χ4n) is 2.58. The lowest BCUT2D eigenvalue weighted by Gasteiger charge is -2.17. The summed E-state index contributed by atoms with van der Waals surface area (Å²) in [6.45, 7) is 5.91. The van der Waals surface area contributed by atoms with Crippen LogP contribution < -0.4 is 5.32 Å². The normalized spacial score (nSPS) is 12.6. The summed E-state index contributed by atoms with van der Waals surface area (Å²) < 4.78 is 24.7. The molecule has 2 aromatic rings. The number of hydrogen-bond donors (Lipinski definition) is 1. The predicted molar refractivity (Wildman–Crippen MR) is 100 cm³/mol. The van der Waals surface area contributed by atoms with Gasteiger partial charge < -0.3 is 5.32 Å². The molecule has 134 valence electrons. The molecule has 4 nitrogen and oxygen atoms in total. The van der Waals surface area contributed by atoms with E-state index in [1.807, 2.05) is 45.0 Å². The Morgan fingerprint density at radius 3 is 2.00 bits per heavy atom. The first-order chi connectivity index (χ1) is 11.8. The number of carbonyl (C=O) groups is 1. The summed E-state index contributed by atoms with van der Waals surface area (Å²) in [5, 5.41) is 2.93. The minimum absolute atomic E-state index is 0.0431. The molecule has 25 heavy (non-hydrogen) atoms. The van der Waals surface area contributed by atoms with E-state index in [1.165, 1.54) is 0 Å². The molecule has 0 radical (unpaired) electrons. The standard InChI is InChI=1S/C20H25NO3S/c1-4-19(17-9-5-15(2)6-10-17)21-20(22)13-14-25(23,24)18-11-7-16(3)8-12-18/h5-12,19H,4,13-14H2,1-3H3,(H,21,22). The van der Waals surface area contributed by atoms with Crippen LogP contribution in [-0.2, 0) is 14.6 Å². The first kappa shape index (κ1) is 19.2. The minimum atomic E-state index is -3.45. The summed E-state index contributed by atoms with van der Waals surface area (Å²) in [5.74, 6) is -0.435. The fourth-order valence-corrected chi connectivity index (χ4v) is 3.82. The predicted octanol–water partition coefficient (Wildman–Crippen LogP) is 3.73. The van der Waals surface area contributed by atoms with Gasteiger partial charge in [0.2, 0.25) is 5.91 Å². The quantitative estimate of drug-likeness (QED) is 0.819. The highest BCUT2D eigenvalue weighted by Crippen LogP contribution is 2.18. The van der Waals surface area contributed by atoms with Crippen LogP contribution in [0.1, 0.15) is 42.5 Å². The monoisotopic (exact) mass is 359 g/mol. The second kappa shape index (κ2) is 8.30. The average molecular weight is 359 g/mol. The van der Waals surface area contributed by atoms with Crippen LogP contribution in [0.25, 0.3) is 0 Å². The highest BCUT2D eigenvalue weighted by Gasteiger charge is 2.18. The van der Waals surface area contributed by atoms with E-state index in [9.17, 15) is 13.2 Å². The van der Waals surface area contributed by atoms with Crippen LogP contribution in [-0.4, -0.2) is 20.1 Å². The first-order valence-electron chi connectivity index (χ1n) is 8.47. The van der Waals surface area contributed by atoms with Gasteiger partial charge in [0.05, 0.1) is 16.7 Å². The summed E-state index contributed by atoms with van der Waals surface area (Å²) in [7, 11) is -3.45. The third-order valence-corrected chi connectivity index (χ3v) is 5.93. The molecule has 1 atom stereocenters. The summed E-state index contributed by atoms with van der Waals surface area (Å²) in [5.41, 5.74) is 3.19. The molecule has 2 aromatic carbocycles. The fraction of sp³-hybridized carbons (Fsp3) is 0.350. The zero-order valence-electron chi connectivity index (χ0n) is 15.0. The van der Waals surface area contributed by atoms with Gasteiger partial charge in [0.15, 0.2) is 9.84 Å². The Balaban J connectivity index is 1.97. The smallest absolute Gasteiger partial charge is 0.221 e. The second-order valence-corrected chi connectivity index (χ2v) is 8.43. The van der Waals surface area contributed by atoms with Crippen molar-refractivity contribution in [3.8, 4) is 0 Å². The molecule has 0 fully saturated rings. The number of hydrogen-bond acceptors (Lipinski definition) is 3. The van der Waals surface area contributed by atoms with Crippen molar-refractivity contribution in [1.82, 2.24) is 5.32 Å². The molecular weight excluding hydrogens is 334 g/mol. The van der Waals surface area contributed by atoms with Crippen molar-refractivity contribution in [3.63, 3.8) is 0 Å². The SMILES string of the molecule is CCC(NC(=O)CCS(=O)(=O)c1ccc(C)cc1)c1ccc(C)cc1. The van der Waals surface area contributed by atoms with Crippen LogP contribution in [0.4, 0.5) is 0 Å². The van der Waals surface area contributed by atoms with E-state index in [0.29, 0.717) is 0 Å². The van der Waals surface area contributed by atoms with E-state index in [-0.39, 0.29) is 29.0 Å². The Morgan fingerprint density at radius 1 is 0.960 bits per heavy atom. The van der Waals surface area contributed by atoms with Gasteiger partial charge in [0.25, 0.3) is 0 Å². The second-order valence-electron chi connectivity index (χ2n) is 6.32. The Kier molecular flexibility index (Phi) is 6.37. The van der Waals surface area contributed by atoms with Crippen molar-refractivity contribution in [2.45, 2.75) is 44.6 Å². The van der Waals surface area contributed by atoms with Gasteiger partial charge in [-0.25, -0.2) is 8.42 Å². The minimum Gasteiger partial charge on any atom is -0.349 e. The average Bonchev–Trinajstić information content (AvgIpc) is 2.59. The van der Waals surface area contributed by atoms with Crippen LogP contribution in [0, 0.1) is 13.8 Å². The summed E-state index contributed by atoms with van der Waals surface area (Å²) in [6.07, 6.45) is 0.706. The van der Waals surface area contributed by atoms with E-state index in [0.717, 1.165) is 23.1 Å². The third-order valence-electron chi connectivity index (χ3n) is 4.20. The number of benzene rings is 2. The van der Waals surface area contributed by atoms with E-state index in [1.54, 1.807) is 24.3 Å². The van der Waals surface area contributed by atoms with Gasteiger partial charge in [-0.3, -0.25) is 4.79 Å². The van der Waals surface area contributed by atoms with Gasteiger partial charge in [0.1, 0.15) is 0 Å². The largest absolute Gasteiger partial charge is 0.349 e. The highest BCUT2D eigenvalue weighted by atomic mass is 32.2. The molecule has 0 saturated carbocycles. The van der Waals surface area contributed by atoms with Gasteiger partial charge in [-0.15, -0.1) is 0 Å². The molecule has 0 aliphatic heterocycles. The number of amides is 1.